The average Bonchev–Trinajstić information content (AvgIpc) is 2.66. The molecule has 18 heavy (non-hydrogen) atoms. The van der Waals surface area contributed by atoms with Crippen molar-refractivity contribution in [2.24, 2.45) is 0 Å². The minimum absolute atomic E-state index is 0.286. The lowest BCUT2D eigenvalue weighted by molar-refractivity contribution is 0.627. The molecule has 5 heteroatoms. The number of benzene rings is 1. The maximum absolute atomic E-state index is 12.9. The Morgan fingerprint density at radius 1 is 1.06 bits per heavy atom. The third kappa shape index (κ3) is 1.60. The molecule has 0 saturated carbocycles. The summed E-state index contributed by atoms with van der Waals surface area (Å²) in [5, 5.41) is 0. The van der Waals surface area contributed by atoms with Gasteiger partial charge in [0, 0.05) is 5.69 Å². The molecule has 0 spiro atoms. The summed E-state index contributed by atoms with van der Waals surface area (Å²) in [6, 6.07) is 9.82. The number of anilines is 1. The molecular formula is C13H11FN4. The van der Waals surface area contributed by atoms with Crippen LogP contribution in [0.2, 0.25) is 0 Å². The number of hydrogen-bond acceptors (Lipinski definition) is 3. The van der Waals surface area contributed by atoms with Crippen molar-refractivity contribution >= 4 is 17.1 Å². The third-order valence-electron chi connectivity index (χ3n) is 2.75. The number of aryl methyl sites for hydroxylation is 1. The number of nitrogen functional groups attached to an aromatic ring is 1. The molecular weight excluding hydrogens is 231 g/mol. The van der Waals surface area contributed by atoms with Crippen molar-refractivity contribution in [2.45, 2.75) is 6.92 Å². The van der Waals surface area contributed by atoms with Crippen LogP contribution in [0.15, 0.2) is 36.4 Å². The van der Waals surface area contributed by atoms with Gasteiger partial charge in [-0.15, -0.1) is 0 Å². The van der Waals surface area contributed by atoms with E-state index in [0.29, 0.717) is 11.6 Å². The third-order valence-corrected chi connectivity index (χ3v) is 2.75. The van der Waals surface area contributed by atoms with E-state index in [9.17, 15) is 4.39 Å². The van der Waals surface area contributed by atoms with Crippen LogP contribution in [0.5, 0.6) is 0 Å². The second-order valence-electron chi connectivity index (χ2n) is 4.08. The van der Waals surface area contributed by atoms with Gasteiger partial charge in [0.15, 0.2) is 5.65 Å². The summed E-state index contributed by atoms with van der Waals surface area (Å²) < 4.78 is 14.6. The first-order valence-corrected chi connectivity index (χ1v) is 5.52. The van der Waals surface area contributed by atoms with Gasteiger partial charge in [0.25, 0.3) is 0 Å². The summed E-state index contributed by atoms with van der Waals surface area (Å²) in [5.41, 5.74) is 8.92. The molecule has 0 radical (unpaired) electrons. The van der Waals surface area contributed by atoms with E-state index in [-0.39, 0.29) is 5.82 Å². The van der Waals surface area contributed by atoms with Crippen LogP contribution in [-0.2, 0) is 0 Å². The molecule has 0 aliphatic rings. The molecule has 2 N–H and O–H groups in total. The Hall–Kier alpha value is -2.43. The first-order chi connectivity index (χ1) is 8.65. The minimum atomic E-state index is -0.286. The van der Waals surface area contributed by atoms with Crippen molar-refractivity contribution in [1.82, 2.24) is 14.5 Å². The predicted molar refractivity (Wildman–Crippen MR) is 68.0 cm³/mol. The van der Waals surface area contributed by atoms with Crippen molar-refractivity contribution in [3.8, 4) is 5.69 Å². The Balaban J connectivity index is 2.30. The monoisotopic (exact) mass is 242 g/mol. The van der Waals surface area contributed by atoms with E-state index in [1.807, 2.05) is 19.1 Å². The smallest absolute Gasteiger partial charge is 0.207 e. The Labute approximate surface area is 103 Å². The standard InChI is InChI=1S/C13H11FN4/c1-8-2-7-11-12(16-8)18(13(15)17-11)10-5-3-9(14)4-6-10/h2-7H,1H3,(H2,15,17). The number of imidazole rings is 1. The highest BCUT2D eigenvalue weighted by atomic mass is 19.1. The molecule has 2 aromatic heterocycles. The molecule has 0 atom stereocenters. The van der Waals surface area contributed by atoms with Crippen LogP contribution in [0.25, 0.3) is 16.9 Å². The highest BCUT2D eigenvalue weighted by molar-refractivity contribution is 5.77. The van der Waals surface area contributed by atoms with Crippen molar-refractivity contribution < 1.29 is 4.39 Å². The number of nitrogens with zero attached hydrogens (tertiary/aromatic N) is 3. The molecule has 3 rings (SSSR count). The number of hydrogen-bond donors (Lipinski definition) is 1. The van der Waals surface area contributed by atoms with Crippen molar-refractivity contribution in [3.63, 3.8) is 0 Å². The van der Waals surface area contributed by atoms with Crippen molar-refractivity contribution in [3.05, 3.63) is 47.9 Å². The summed E-state index contributed by atoms with van der Waals surface area (Å²) in [4.78, 5) is 8.66. The van der Waals surface area contributed by atoms with E-state index < -0.39 is 0 Å². The molecule has 4 nitrogen and oxygen atoms in total. The summed E-state index contributed by atoms with van der Waals surface area (Å²) >= 11 is 0. The maximum Gasteiger partial charge on any atom is 0.207 e. The van der Waals surface area contributed by atoms with Gasteiger partial charge in [-0.05, 0) is 43.3 Å². The Bertz CT molecular complexity index is 716. The quantitative estimate of drug-likeness (QED) is 0.713. The van der Waals surface area contributed by atoms with E-state index in [0.717, 1.165) is 16.9 Å². The van der Waals surface area contributed by atoms with E-state index in [1.165, 1.54) is 12.1 Å². The molecule has 90 valence electrons. The van der Waals surface area contributed by atoms with Crippen molar-refractivity contribution in [1.29, 1.82) is 0 Å². The molecule has 0 aliphatic heterocycles. The highest BCUT2D eigenvalue weighted by Crippen LogP contribution is 2.21. The zero-order chi connectivity index (χ0) is 12.7. The lowest BCUT2D eigenvalue weighted by Crippen LogP contribution is -2.01. The topological polar surface area (TPSA) is 56.7 Å². The van der Waals surface area contributed by atoms with Gasteiger partial charge in [0.05, 0.1) is 5.69 Å². The van der Waals surface area contributed by atoms with Crippen LogP contribution in [0, 0.1) is 12.7 Å². The SMILES string of the molecule is Cc1ccc2nc(N)n(-c3ccc(F)cc3)c2n1. The molecule has 3 aromatic rings. The zero-order valence-electron chi connectivity index (χ0n) is 9.76. The normalized spacial score (nSPS) is 11.0. The highest BCUT2D eigenvalue weighted by Gasteiger charge is 2.11. The second kappa shape index (κ2) is 3.80. The molecule has 0 fully saturated rings. The Morgan fingerprint density at radius 2 is 1.78 bits per heavy atom. The zero-order valence-corrected chi connectivity index (χ0v) is 9.76. The van der Waals surface area contributed by atoms with Gasteiger partial charge >= 0.3 is 0 Å². The first kappa shape index (κ1) is 10.7. The molecule has 1 aromatic carbocycles. The van der Waals surface area contributed by atoms with Gasteiger partial charge in [0.2, 0.25) is 5.95 Å². The fraction of sp³-hybridized carbons (Fsp3) is 0.0769. The van der Waals surface area contributed by atoms with Crippen LogP contribution in [-0.4, -0.2) is 14.5 Å². The number of pyridine rings is 1. The largest absolute Gasteiger partial charge is 0.369 e. The fourth-order valence-corrected chi connectivity index (χ4v) is 1.91. The number of nitrogens with two attached hydrogens (primary N) is 1. The van der Waals surface area contributed by atoms with E-state index in [2.05, 4.69) is 9.97 Å². The number of fused-ring (bicyclic) bond motifs is 1. The van der Waals surface area contributed by atoms with E-state index >= 15 is 0 Å². The maximum atomic E-state index is 12.9. The molecule has 0 amide bonds. The van der Waals surface area contributed by atoms with Crippen LogP contribution in [0.4, 0.5) is 10.3 Å². The second-order valence-corrected chi connectivity index (χ2v) is 4.08. The van der Waals surface area contributed by atoms with Crippen LogP contribution < -0.4 is 5.73 Å². The molecule has 0 saturated heterocycles. The Kier molecular flexibility index (Phi) is 2.26. The van der Waals surface area contributed by atoms with Gasteiger partial charge < -0.3 is 5.73 Å². The number of halogens is 1. The first-order valence-electron chi connectivity index (χ1n) is 5.52. The fourth-order valence-electron chi connectivity index (χ4n) is 1.91. The molecule has 2 heterocycles. The molecule has 0 bridgehead atoms. The summed E-state index contributed by atoms with van der Waals surface area (Å²) in [6.07, 6.45) is 0. The summed E-state index contributed by atoms with van der Waals surface area (Å²) in [7, 11) is 0. The van der Waals surface area contributed by atoms with Gasteiger partial charge in [-0.3, -0.25) is 4.57 Å². The Morgan fingerprint density at radius 3 is 2.50 bits per heavy atom. The lowest BCUT2D eigenvalue weighted by Gasteiger charge is -2.05. The van der Waals surface area contributed by atoms with Crippen LogP contribution in [0.1, 0.15) is 5.69 Å². The average molecular weight is 242 g/mol. The van der Waals surface area contributed by atoms with Gasteiger partial charge in [0.1, 0.15) is 11.3 Å². The summed E-state index contributed by atoms with van der Waals surface area (Å²) in [5.74, 6) is 0.0561. The van der Waals surface area contributed by atoms with Gasteiger partial charge in [-0.25, -0.2) is 14.4 Å². The van der Waals surface area contributed by atoms with Gasteiger partial charge in [-0.2, -0.15) is 0 Å². The molecule has 0 aliphatic carbocycles. The summed E-state index contributed by atoms with van der Waals surface area (Å²) in [6.45, 7) is 1.90. The van der Waals surface area contributed by atoms with E-state index in [4.69, 9.17) is 5.73 Å². The lowest BCUT2D eigenvalue weighted by atomic mass is 10.3. The van der Waals surface area contributed by atoms with Crippen LogP contribution in [0.3, 0.4) is 0 Å². The van der Waals surface area contributed by atoms with E-state index in [1.54, 1.807) is 16.7 Å². The van der Waals surface area contributed by atoms with Gasteiger partial charge in [-0.1, -0.05) is 0 Å². The van der Waals surface area contributed by atoms with Crippen LogP contribution >= 0.6 is 0 Å². The minimum Gasteiger partial charge on any atom is -0.369 e. The number of rotatable bonds is 1. The number of aromatic nitrogens is 3. The predicted octanol–water partition coefficient (Wildman–Crippen LogP) is 2.45. The molecule has 0 unspecified atom stereocenters. The van der Waals surface area contributed by atoms with Crippen molar-refractivity contribution in [2.75, 3.05) is 5.73 Å².